The van der Waals surface area contributed by atoms with Crippen LogP contribution in [0.3, 0.4) is 0 Å². The number of unbranched alkanes of at least 4 members (excludes halogenated alkanes) is 3. The van der Waals surface area contributed by atoms with Crippen LogP contribution < -0.4 is 0 Å². The Morgan fingerprint density at radius 2 is 0.875 bits per heavy atom. The fourth-order valence-corrected chi connectivity index (χ4v) is 6.34. The van der Waals surface area contributed by atoms with E-state index in [9.17, 15) is 0 Å². The Hall–Kier alpha value is -5.74. The molecule has 236 valence electrons. The van der Waals surface area contributed by atoms with Crippen molar-refractivity contribution in [2.24, 2.45) is 0 Å². The number of nitrogens with one attached hydrogen (secondary N) is 1. The summed E-state index contributed by atoms with van der Waals surface area (Å²) < 4.78 is 2.35. The fraction of sp³-hybridized carbons (Fsp3) is 0.136. The van der Waals surface area contributed by atoms with Gasteiger partial charge in [0, 0.05) is 27.8 Å². The minimum atomic E-state index is 0.901. The number of nitrogens with zero attached hydrogens (tertiary/aromatic N) is 3. The van der Waals surface area contributed by atoms with E-state index in [1.54, 1.807) is 0 Å². The molecular formula is C44H40N4. The van der Waals surface area contributed by atoms with Crippen LogP contribution in [0.15, 0.2) is 127 Å². The largest absolute Gasteiger partial charge is 0.355 e. The molecule has 2 aliphatic rings. The quantitative estimate of drug-likeness (QED) is 0.187. The Labute approximate surface area is 282 Å². The number of H-pyrrole nitrogens is 1. The zero-order valence-electron chi connectivity index (χ0n) is 27.6. The summed E-state index contributed by atoms with van der Waals surface area (Å²) in [6.07, 6.45) is 13.9. The van der Waals surface area contributed by atoms with E-state index in [0.29, 0.717) is 0 Å². The van der Waals surface area contributed by atoms with Gasteiger partial charge < -0.3 is 9.55 Å². The molecule has 3 aromatic carbocycles. The number of hydrogen-bond donors (Lipinski definition) is 1. The molecule has 0 aliphatic carbocycles. The van der Waals surface area contributed by atoms with E-state index >= 15 is 0 Å². The molecule has 8 bridgehead atoms. The average Bonchev–Trinajstić information content (AvgIpc) is 3.93. The molecule has 0 radical (unpaired) electrons. The first-order valence-electron chi connectivity index (χ1n) is 17.0. The number of aromatic amines is 1. The second-order valence-corrected chi connectivity index (χ2v) is 12.2. The third-order valence-corrected chi connectivity index (χ3v) is 8.61. The molecule has 0 saturated heterocycles. The molecule has 0 spiro atoms. The highest BCUT2D eigenvalue weighted by Gasteiger charge is 2.21. The van der Waals surface area contributed by atoms with Crippen molar-refractivity contribution >= 4 is 46.4 Å². The number of hydrogen-bond acceptors (Lipinski definition) is 2. The first-order chi connectivity index (χ1) is 23.7. The van der Waals surface area contributed by atoms with Crippen molar-refractivity contribution in [3.05, 3.63) is 150 Å². The van der Waals surface area contributed by atoms with Crippen LogP contribution in [-0.2, 0) is 0 Å². The number of benzene rings is 3. The number of fused-ring (bicyclic) bond motifs is 8. The molecule has 48 heavy (non-hydrogen) atoms. The van der Waals surface area contributed by atoms with E-state index in [1.165, 1.54) is 25.7 Å². The molecule has 8 rings (SSSR count). The van der Waals surface area contributed by atoms with Crippen molar-refractivity contribution < 1.29 is 0 Å². The Morgan fingerprint density at radius 1 is 0.479 bits per heavy atom. The van der Waals surface area contributed by atoms with Crippen molar-refractivity contribution in [2.45, 2.75) is 39.5 Å². The standard InChI is InChI=1S/C38H26N4.C6H14/c1-4-10-26(11-5-1)37-35-24-32-20-18-30(40-32)22-28-16-17-29(39-28)23-31-19-21-33(41-31)25-36(38(37)27-12-6-2-7-13-27)42(35)34-14-8-3-9-15-34;1-3-5-6-4-2/h1-25,39H;3-6H2,1-2H3. The van der Waals surface area contributed by atoms with E-state index in [2.05, 4.69) is 175 Å². The lowest BCUT2D eigenvalue weighted by Gasteiger charge is -2.08. The van der Waals surface area contributed by atoms with Gasteiger partial charge >= 0.3 is 0 Å². The van der Waals surface area contributed by atoms with Crippen LogP contribution in [0.25, 0.3) is 74.3 Å². The molecule has 1 N–H and O–H groups in total. The minimum Gasteiger partial charge on any atom is -0.355 e. The van der Waals surface area contributed by atoms with Crippen molar-refractivity contribution in [3.63, 3.8) is 0 Å². The molecule has 0 atom stereocenters. The molecule has 0 unspecified atom stereocenters. The third kappa shape index (κ3) is 6.70. The Morgan fingerprint density at radius 3 is 1.29 bits per heavy atom. The van der Waals surface area contributed by atoms with Gasteiger partial charge in [0.05, 0.1) is 33.8 Å². The van der Waals surface area contributed by atoms with Crippen molar-refractivity contribution in [3.8, 4) is 27.9 Å². The molecule has 4 nitrogen and oxygen atoms in total. The second-order valence-electron chi connectivity index (χ2n) is 12.2. The van der Waals surface area contributed by atoms with Gasteiger partial charge in [-0.15, -0.1) is 0 Å². The Bertz CT molecular complexity index is 2100. The van der Waals surface area contributed by atoms with Crippen LogP contribution in [-0.4, -0.2) is 19.5 Å². The van der Waals surface area contributed by atoms with Gasteiger partial charge in [0.25, 0.3) is 0 Å². The highest BCUT2D eigenvalue weighted by Crippen LogP contribution is 2.43. The molecule has 0 amide bonds. The van der Waals surface area contributed by atoms with Gasteiger partial charge in [-0.3, -0.25) is 0 Å². The molecule has 4 heteroatoms. The lowest BCUT2D eigenvalue weighted by atomic mass is 9.96. The normalized spacial score (nSPS) is 11.7. The summed E-state index contributed by atoms with van der Waals surface area (Å²) >= 11 is 0. The van der Waals surface area contributed by atoms with Gasteiger partial charge in [-0.1, -0.05) is 118 Å². The molecule has 3 aromatic heterocycles. The molecular weight excluding hydrogens is 585 g/mol. The smallest absolute Gasteiger partial charge is 0.0658 e. The molecule has 5 heterocycles. The van der Waals surface area contributed by atoms with Crippen LogP contribution in [0.5, 0.6) is 0 Å². The van der Waals surface area contributed by atoms with Gasteiger partial charge in [-0.05, 0) is 84.0 Å². The van der Waals surface area contributed by atoms with Gasteiger partial charge in [0.1, 0.15) is 0 Å². The topological polar surface area (TPSA) is 46.5 Å². The summed E-state index contributed by atoms with van der Waals surface area (Å²) in [4.78, 5) is 13.5. The zero-order valence-corrected chi connectivity index (χ0v) is 27.6. The summed E-state index contributed by atoms with van der Waals surface area (Å²) in [6.45, 7) is 4.46. The van der Waals surface area contributed by atoms with Crippen LogP contribution in [0.1, 0.15) is 62.3 Å². The Kier molecular flexibility index (Phi) is 9.24. The van der Waals surface area contributed by atoms with E-state index in [4.69, 9.17) is 9.97 Å². The van der Waals surface area contributed by atoms with Crippen molar-refractivity contribution in [2.75, 3.05) is 0 Å². The second kappa shape index (κ2) is 14.4. The maximum atomic E-state index is 5.01. The average molecular weight is 625 g/mol. The van der Waals surface area contributed by atoms with Gasteiger partial charge in [-0.2, -0.15) is 0 Å². The van der Waals surface area contributed by atoms with E-state index in [1.807, 2.05) is 0 Å². The summed E-state index contributed by atoms with van der Waals surface area (Å²) in [5.74, 6) is 0. The van der Waals surface area contributed by atoms with Crippen LogP contribution in [0.2, 0.25) is 0 Å². The lowest BCUT2D eigenvalue weighted by molar-refractivity contribution is 0.702. The Balaban J connectivity index is 0.000000559. The highest BCUT2D eigenvalue weighted by molar-refractivity contribution is 6.05. The lowest BCUT2D eigenvalue weighted by Crippen LogP contribution is -1.94. The van der Waals surface area contributed by atoms with Crippen LogP contribution >= 0.6 is 0 Å². The van der Waals surface area contributed by atoms with E-state index < -0.39 is 0 Å². The van der Waals surface area contributed by atoms with Crippen molar-refractivity contribution in [1.29, 1.82) is 0 Å². The SMILES string of the molecule is C1=Cc2cc3c(-c4ccccc4)c(-c4ccccc4)c(cc4nc(cc5ccc(cc1n2)[nH]5)C=C4)n3-c1ccccc1.CCCCCC. The summed E-state index contributed by atoms with van der Waals surface area (Å²) in [6, 6.07) is 44.6. The fourth-order valence-electron chi connectivity index (χ4n) is 6.34. The first-order valence-corrected chi connectivity index (χ1v) is 17.0. The molecule has 2 aliphatic heterocycles. The van der Waals surface area contributed by atoms with E-state index in [-0.39, 0.29) is 0 Å². The predicted molar refractivity (Wildman–Crippen MR) is 205 cm³/mol. The predicted octanol–water partition coefficient (Wildman–Crippen LogP) is 12.0. The first kappa shape index (κ1) is 30.9. The summed E-state index contributed by atoms with van der Waals surface area (Å²) in [5.41, 5.74) is 13.4. The number of rotatable bonds is 6. The number of para-hydroxylation sites is 1. The van der Waals surface area contributed by atoms with Crippen LogP contribution in [0, 0.1) is 0 Å². The van der Waals surface area contributed by atoms with Crippen LogP contribution in [0.4, 0.5) is 0 Å². The third-order valence-electron chi connectivity index (χ3n) is 8.61. The molecule has 0 saturated carbocycles. The molecule has 6 aromatic rings. The van der Waals surface area contributed by atoms with Crippen molar-refractivity contribution in [1.82, 2.24) is 19.5 Å². The number of aromatic nitrogens is 4. The van der Waals surface area contributed by atoms with Gasteiger partial charge in [0.2, 0.25) is 0 Å². The molecule has 0 fully saturated rings. The minimum absolute atomic E-state index is 0.901. The maximum Gasteiger partial charge on any atom is 0.0658 e. The van der Waals surface area contributed by atoms with Gasteiger partial charge in [0.15, 0.2) is 0 Å². The summed E-state index contributed by atoms with van der Waals surface area (Å²) in [5, 5.41) is 0. The highest BCUT2D eigenvalue weighted by atomic mass is 15.0. The zero-order chi connectivity index (χ0) is 32.7. The van der Waals surface area contributed by atoms with E-state index in [0.717, 1.165) is 72.8 Å². The summed E-state index contributed by atoms with van der Waals surface area (Å²) in [7, 11) is 0. The maximum absolute atomic E-state index is 5.01. The van der Waals surface area contributed by atoms with Gasteiger partial charge in [-0.25, -0.2) is 9.97 Å². The monoisotopic (exact) mass is 624 g/mol.